The van der Waals surface area contributed by atoms with Gasteiger partial charge in [-0.3, -0.25) is 0 Å². The number of nitrogens with one attached hydrogen (secondary N) is 2. The molecule has 342 valence electrons. The number of hydrogen-bond donors (Lipinski definition) is 2. The second kappa shape index (κ2) is 19.6. The van der Waals surface area contributed by atoms with Crippen LogP contribution in [0.4, 0.5) is 0 Å². The van der Waals surface area contributed by atoms with Crippen molar-refractivity contribution in [1.29, 1.82) is 0 Å². The Kier molecular flexibility index (Phi) is 14.2. The van der Waals surface area contributed by atoms with Gasteiger partial charge in [0, 0.05) is 44.3 Å². The Labute approximate surface area is 529 Å². The van der Waals surface area contributed by atoms with Crippen LogP contribution < -0.4 is 51.4 Å². The van der Waals surface area contributed by atoms with Crippen LogP contribution in [0.2, 0.25) is 41.7 Å². The van der Waals surface area contributed by atoms with Crippen LogP contribution in [0.1, 0.15) is 72.7 Å². The molecule has 0 aliphatic carbocycles. The van der Waals surface area contributed by atoms with Gasteiger partial charge in [0.05, 0.1) is 85.5 Å². The molecule has 4 nitrogen and oxygen atoms in total. The van der Waals surface area contributed by atoms with E-state index in [1.165, 1.54) is 0 Å². The fraction of sp³-hybridized carbons (Fsp3) is 0.267. The molecule has 78 heavy (non-hydrogen) atoms. The first-order valence-electron chi connectivity index (χ1n) is 26.3. The third kappa shape index (κ3) is 10.0. The van der Waals surface area contributed by atoms with Gasteiger partial charge in [0.25, 0.3) is 0 Å². The average Bonchev–Trinajstić information content (AvgIpc) is 4.12. The van der Waals surface area contributed by atoms with Gasteiger partial charge in [0.2, 0.25) is 0 Å². The first-order valence-corrected chi connectivity index (χ1v) is 26.3. The molecular formula is C60H46B12KN4Zn+3. The summed E-state index contributed by atoms with van der Waals surface area (Å²) in [7, 11) is 61.7. The van der Waals surface area contributed by atoms with Crippen molar-refractivity contribution in [2.45, 2.75) is 95.1 Å². The molecule has 0 amide bonds. The molecule has 0 saturated carbocycles. The molecule has 0 spiro atoms. The zero-order chi connectivity index (χ0) is 53.0. The third-order valence-electron chi connectivity index (χ3n) is 17.5. The molecule has 7 aromatic rings. The maximum Gasteiger partial charge on any atom is 2.00 e. The van der Waals surface area contributed by atoms with E-state index in [9.17, 15) is 0 Å². The number of hydrogen-bond acceptors (Lipinski definition) is 2. The van der Waals surface area contributed by atoms with Crippen molar-refractivity contribution in [3.05, 3.63) is 166 Å². The van der Waals surface area contributed by atoms with Gasteiger partial charge in [-0.15, -0.1) is 20.9 Å². The molecule has 13 rings (SSSR count). The zero-order valence-corrected chi connectivity index (χ0v) is 51.3. The summed E-state index contributed by atoms with van der Waals surface area (Å²) in [5.74, 6) is 0. The monoisotopic (exact) mass is 1060 g/mol. The molecule has 4 saturated heterocycles. The van der Waals surface area contributed by atoms with Gasteiger partial charge in [0.1, 0.15) is 29.1 Å². The summed E-state index contributed by atoms with van der Waals surface area (Å²) < 4.78 is 0. The molecule has 8 atom stereocenters. The van der Waals surface area contributed by atoms with Crippen molar-refractivity contribution in [1.82, 2.24) is 19.9 Å². The summed E-state index contributed by atoms with van der Waals surface area (Å²) in [4.78, 5) is 19.0. The van der Waals surface area contributed by atoms with Gasteiger partial charge in [-0.2, -0.15) is 0 Å². The maximum absolute atomic E-state index is 6.84. The first kappa shape index (κ1) is 56.4. The number of rotatable bonds is 12. The Morgan fingerprint density at radius 3 is 0.756 bits per heavy atom. The Hall–Kier alpha value is -3.48. The smallest absolute Gasteiger partial charge is 0.354 e. The quantitative estimate of drug-likeness (QED) is 0.123. The van der Waals surface area contributed by atoms with E-state index < -0.39 is 41.7 Å². The van der Waals surface area contributed by atoms with Crippen molar-refractivity contribution in [3.8, 4) is 44.5 Å². The molecule has 8 unspecified atom stereocenters. The summed E-state index contributed by atoms with van der Waals surface area (Å²) in [6, 6.07) is 42.8. The van der Waals surface area contributed by atoms with Crippen molar-refractivity contribution in [2.75, 3.05) is 0 Å². The normalized spacial score (nSPS) is 29.4. The molecule has 4 fully saturated rings. The van der Waals surface area contributed by atoms with Crippen LogP contribution in [0.25, 0.3) is 90.9 Å². The minimum absolute atomic E-state index is 0. The number of H-pyrrole nitrogens is 2. The van der Waals surface area contributed by atoms with Gasteiger partial charge in [0.15, 0.2) is 0 Å². The van der Waals surface area contributed by atoms with Crippen LogP contribution in [-0.4, -0.2) is 112 Å². The van der Waals surface area contributed by atoms with Crippen molar-refractivity contribution in [2.24, 2.45) is 0 Å². The SMILES string of the molecule is [B]C1(C)[B]C1([B])Cc1cccc(-c2c3nc(c(-c4cccc(CC5([B])[B]C5([B])C)c4)c4ccc([nH]4)c(-c4cccc(CC5([B])[B]C5([B])C)c4)c4nc(c(-c5cccc(CC6([B])[B]C6([B])C)c5)c5ccc2[nH]5)C=C4)C=C3)c1.[K+].[Zn+2]. The van der Waals surface area contributed by atoms with Crippen LogP contribution >= 0.6 is 0 Å². The molecule has 18 heteroatoms. The number of aromatic nitrogens is 4. The standard InChI is InChI=1S/C60H46B12N4.K.Zn/c1-53(61)57(65,69-53)29-33-9-5-13-37(25-33)49-41-17-19-43(73-41)50(38-14-6-10-34(26-38)30-58(66)54(2,62)70-58)45-21-23-47(75-45)52(40-16-8-12-36(28-40)32-60(68)56(4,64)72-60)48-24-22-46(76-48)51(44-20-18-42(49)74-44)39-15-7-11-35(27-39)31-59(67)55(3,63)71-59;;/h5-28,73,76H,29-32H2,1-4H3;;/q;+1;+2. The van der Waals surface area contributed by atoms with Gasteiger partial charge in [-0.1, -0.05) is 146 Å². The largest absolute Gasteiger partial charge is 2.00 e. The van der Waals surface area contributed by atoms with Gasteiger partial charge in [-0.05, 0) is 119 Å². The topological polar surface area (TPSA) is 57.4 Å². The predicted molar refractivity (Wildman–Crippen MR) is 329 cm³/mol. The van der Waals surface area contributed by atoms with E-state index in [2.05, 4.69) is 156 Å². The molecule has 3 aromatic heterocycles. The number of aromatic amines is 2. The van der Waals surface area contributed by atoms with E-state index in [1.807, 2.05) is 56.8 Å². The minimum Gasteiger partial charge on any atom is -0.354 e. The van der Waals surface area contributed by atoms with E-state index in [0.29, 0.717) is 25.7 Å². The van der Waals surface area contributed by atoms with E-state index in [1.54, 1.807) is 0 Å². The summed E-state index contributed by atoms with van der Waals surface area (Å²) in [5.41, 5.74) is 18.7. The number of fused-ring (bicyclic) bond motifs is 8. The molecule has 20 radical (unpaired) electrons. The second-order valence-corrected chi connectivity index (χ2v) is 23.9. The van der Waals surface area contributed by atoms with Gasteiger partial charge in [-0.25, -0.2) is 9.97 Å². The Morgan fingerprint density at radius 2 is 0.564 bits per heavy atom. The Bertz CT molecular complexity index is 3390. The fourth-order valence-electron chi connectivity index (χ4n) is 12.1. The first-order chi connectivity index (χ1) is 35.9. The molecule has 2 N–H and O–H groups in total. The van der Waals surface area contributed by atoms with Gasteiger partial charge >= 0.3 is 70.9 Å². The van der Waals surface area contributed by atoms with Crippen LogP contribution in [0, 0.1) is 0 Å². The summed E-state index contributed by atoms with van der Waals surface area (Å²) >= 11 is 0. The minimum atomic E-state index is -0.609. The van der Waals surface area contributed by atoms with Crippen LogP contribution in [-0.2, 0) is 45.2 Å². The van der Waals surface area contributed by atoms with Gasteiger partial charge < -0.3 is 9.97 Å². The summed E-state index contributed by atoms with van der Waals surface area (Å²) in [6.07, 6.45) is 10.9. The fourth-order valence-corrected chi connectivity index (χ4v) is 12.1. The third-order valence-corrected chi connectivity index (χ3v) is 17.5. The summed E-state index contributed by atoms with van der Waals surface area (Å²) in [6.45, 7) is 7.92. The second-order valence-electron chi connectivity index (χ2n) is 23.9. The van der Waals surface area contributed by atoms with Crippen LogP contribution in [0.5, 0.6) is 0 Å². The zero-order valence-electron chi connectivity index (χ0n) is 45.2. The summed E-state index contributed by atoms with van der Waals surface area (Å²) in [5, 5.41) is -4.64. The molecule has 9 heterocycles. The maximum atomic E-state index is 6.84. The number of nitrogens with zero attached hydrogens (tertiary/aromatic N) is 2. The van der Waals surface area contributed by atoms with Crippen LogP contribution in [0.15, 0.2) is 121 Å². The van der Waals surface area contributed by atoms with Crippen molar-refractivity contribution < 1.29 is 70.9 Å². The molecule has 6 aliphatic rings. The van der Waals surface area contributed by atoms with E-state index in [0.717, 1.165) is 112 Å². The predicted octanol–water partition coefficient (Wildman–Crippen LogP) is 7.72. The average molecular weight is 1060 g/mol. The molecular weight excluding hydrogens is 1010 g/mol. The Balaban J connectivity index is 0.00000323. The van der Waals surface area contributed by atoms with E-state index >= 15 is 0 Å². The van der Waals surface area contributed by atoms with E-state index in [-0.39, 0.29) is 70.9 Å². The molecule has 6 aliphatic heterocycles. The van der Waals surface area contributed by atoms with Crippen molar-refractivity contribution in [3.63, 3.8) is 0 Å². The van der Waals surface area contributed by atoms with Crippen LogP contribution in [0.3, 0.4) is 0 Å². The number of benzene rings is 4. The molecule has 4 aromatic carbocycles. The van der Waals surface area contributed by atoms with E-state index in [4.69, 9.17) is 72.7 Å². The Morgan fingerprint density at radius 1 is 0.359 bits per heavy atom. The van der Waals surface area contributed by atoms with Crippen molar-refractivity contribution >= 4 is 138 Å². The molecule has 8 bridgehead atoms.